The molecule has 0 aromatic carbocycles. The van der Waals surface area contributed by atoms with Crippen LogP contribution in [0, 0.1) is 5.92 Å². The molecule has 2 atom stereocenters. The predicted octanol–water partition coefficient (Wildman–Crippen LogP) is 1.49. The average molecular weight is 175 g/mol. The molecular formula is C9H18FNO. The Morgan fingerprint density at radius 1 is 1.67 bits per heavy atom. The maximum atomic E-state index is 13.9. The van der Waals surface area contributed by atoms with Gasteiger partial charge in [0.25, 0.3) is 0 Å². The molecule has 2 N–H and O–H groups in total. The van der Waals surface area contributed by atoms with Crippen LogP contribution in [-0.4, -0.2) is 25.4 Å². The molecule has 1 fully saturated rings. The van der Waals surface area contributed by atoms with Gasteiger partial charge >= 0.3 is 0 Å². The highest BCUT2D eigenvalue weighted by atomic mass is 19.1. The molecule has 72 valence electrons. The van der Waals surface area contributed by atoms with Crippen molar-refractivity contribution in [1.29, 1.82) is 0 Å². The van der Waals surface area contributed by atoms with E-state index < -0.39 is 5.67 Å². The van der Waals surface area contributed by atoms with E-state index in [-0.39, 0.29) is 12.5 Å². The molecule has 12 heavy (non-hydrogen) atoms. The molecule has 1 heterocycles. The summed E-state index contributed by atoms with van der Waals surface area (Å²) in [6.07, 6.45) is 2.38. The van der Waals surface area contributed by atoms with Crippen molar-refractivity contribution >= 4 is 0 Å². The van der Waals surface area contributed by atoms with E-state index in [1.165, 1.54) is 0 Å². The molecule has 1 aliphatic rings. The number of hydrogen-bond donors (Lipinski definition) is 1. The van der Waals surface area contributed by atoms with Gasteiger partial charge < -0.3 is 10.5 Å². The minimum atomic E-state index is -1.19. The normalized spacial score (nSPS) is 29.8. The third-order valence-electron chi connectivity index (χ3n) is 2.82. The van der Waals surface area contributed by atoms with Crippen LogP contribution in [0.4, 0.5) is 4.39 Å². The first kappa shape index (κ1) is 9.93. The van der Waals surface area contributed by atoms with Crippen molar-refractivity contribution in [3.63, 3.8) is 0 Å². The Morgan fingerprint density at radius 2 is 2.42 bits per heavy atom. The van der Waals surface area contributed by atoms with Crippen LogP contribution in [0.5, 0.6) is 0 Å². The van der Waals surface area contributed by atoms with Crippen molar-refractivity contribution in [3.8, 4) is 0 Å². The molecule has 0 aromatic rings. The number of hydrogen-bond acceptors (Lipinski definition) is 2. The fourth-order valence-electron chi connectivity index (χ4n) is 1.75. The van der Waals surface area contributed by atoms with E-state index in [1.807, 2.05) is 6.92 Å². The first-order valence-corrected chi connectivity index (χ1v) is 4.69. The zero-order valence-electron chi connectivity index (χ0n) is 7.68. The maximum absolute atomic E-state index is 13.9. The lowest BCUT2D eigenvalue weighted by Gasteiger charge is -2.34. The van der Waals surface area contributed by atoms with Crippen molar-refractivity contribution in [2.45, 2.75) is 31.9 Å². The zero-order chi connectivity index (χ0) is 9.03. The Kier molecular flexibility index (Phi) is 3.47. The molecule has 0 bridgehead atoms. The number of alkyl halides is 1. The van der Waals surface area contributed by atoms with Gasteiger partial charge in [0.2, 0.25) is 0 Å². The van der Waals surface area contributed by atoms with Crippen LogP contribution in [-0.2, 0) is 4.74 Å². The van der Waals surface area contributed by atoms with Gasteiger partial charge in [-0.05, 0) is 19.3 Å². The number of ether oxygens (including phenoxy) is 1. The summed E-state index contributed by atoms with van der Waals surface area (Å²) in [5, 5.41) is 0. The lowest BCUT2D eigenvalue weighted by molar-refractivity contribution is -0.0267. The van der Waals surface area contributed by atoms with E-state index in [2.05, 4.69) is 0 Å². The van der Waals surface area contributed by atoms with E-state index in [4.69, 9.17) is 10.5 Å². The van der Waals surface area contributed by atoms with E-state index >= 15 is 0 Å². The lowest BCUT2D eigenvalue weighted by atomic mass is 9.83. The fraction of sp³-hybridized carbons (Fsp3) is 1.00. The minimum Gasteiger partial charge on any atom is -0.381 e. The predicted molar refractivity (Wildman–Crippen MR) is 46.7 cm³/mol. The molecule has 2 nitrogen and oxygen atoms in total. The summed E-state index contributed by atoms with van der Waals surface area (Å²) in [7, 11) is 0. The molecule has 1 rings (SSSR count). The summed E-state index contributed by atoms with van der Waals surface area (Å²) in [6.45, 7) is 3.29. The quantitative estimate of drug-likeness (QED) is 0.705. The Labute approximate surface area is 73.3 Å². The molecule has 0 amide bonds. The zero-order valence-corrected chi connectivity index (χ0v) is 7.68. The standard InChI is InChI=1S/C9H18FNO/c1-2-9(10,7-11)8-4-3-5-12-6-8/h8H,2-7,11H2,1H3. The molecular weight excluding hydrogens is 157 g/mol. The first-order chi connectivity index (χ1) is 5.73. The van der Waals surface area contributed by atoms with Gasteiger partial charge in [-0.15, -0.1) is 0 Å². The monoisotopic (exact) mass is 175 g/mol. The molecule has 2 unspecified atom stereocenters. The molecule has 3 heteroatoms. The molecule has 1 aliphatic heterocycles. The van der Waals surface area contributed by atoms with Gasteiger partial charge in [0, 0.05) is 19.1 Å². The summed E-state index contributed by atoms with van der Waals surface area (Å²) < 4.78 is 19.2. The van der Waals surface area contributed by atoms with Crippen LogP contribution in [0.2, 0.25) is 0 Å². The summed E-state index contributed by atoms with van der Waals surface area (Å²) in [4.78, 5) is 0. The molecule has 0 aromatic heterocycles. The van der Waals surface area contributed by atoms with Gasteiger partial charge in [0.1, 0.15) is 5.67 Å². The molecule has 0 aliphatic carbocycles. The lowest BCUT2D eigenvalue weighted by Crippen LogP contribution is -2.44. The van der Waals surface area contributed by atoms with Crippen molar-refractivity contribution in [3.05, 3.63) is 0 Å². The Hall–Kier alpha value is -0.150. The van der Waals surface area contributed by atoms with Crippen molar-refractivity contribution in [2.24, 2.45) is 11.7 Å². The van der Waals surface area contributed by atoms with Crippen LogP contribution >= 0.6 is 0 Å². The second kappa shape index (κ2) is 4.19. The van der Waals surface area contributed by atoms with Crippen LogP contribution < -0.4 is 5.73 Å². The smallest absolute Gasteiger partial charge is 0.127 e. The first-order valence-electron chi connectivity index (χ1n) is 4.69. The van der Waals surface area contributed by atoms with Crippen molar-refractivity contribution in [1.82, 2.24) is 0 Å². The highest BCUT2D eigenvalue weighted by molar-refractivity contribution is 4.87. The number of nitrogens with two attached hydrogens (primary N) is 1. The van der Waals surface area contributed by atoms with Crippen LogP contribution in [0.1, 0.15) is 26.2 Å². The second-order valence-corrected chi connectivity index (χ2v) is 3.51. The molecule has 0 radical (unpaired) electrons. The number of rotatable bonds is 3. The molecule has 0 saturated carbocycles. The van der Waals surface area contributed by atoms with E-state index in [9.17, 15) is 4.39 Å². The summed E-state index contributed by atoms with van der Waals surface area (Å²) in [5.74, 6) is 0.0150. The summed E-state index contributed by atoms with van der Waals surface area (Å²) >= 11 is 0. The Bertz CT molecular complexity index is 130. The SMILES string of the molecule is CCC(F)(CN)C1CCCOC1. The van der Waals surface area contributed by atoms with Crippen LogP contribution in [0.15, 0.2) is 0 Å². The number of halogens is 1. The van der Waals surface area contributed by atoms with E-state index in [0.29, 0.717) is 13.0 Å². The van der Waals surface area contributed by atoms with Gasteiger partial charge in [-0.25, -0.2) is 4.39 Å². The van der Waals surface area contributed by atoms with Gasteiger partial charge in [-0.2, -0.15) is 0 Å². The van der Waals surface area contributed by atoms with Gasteiger partial charge in [-0.1, -0.05) is 6.92 Å². The summed E-state index contributed by atoms with van der Waals surface area (Å²) in [6, 6.07) is 0. The van der Waals surface area contributed by atoms with Crippen molar-refractivity contribution in [2.75, 3.05) is 19.8 Å². The third kappa shape index (κ3) is 1.96. The largest absolute Gasteiger partial charge is 0.381 e. The summed E-state index contributed by atoms with van der Waals surface area (Å²) in [5.41, 5.74) is 4.22. The van der Waals surface area contributed by atoms with Crippen LogP contribution in [0.3, 0.4) is 0 Å². The Morgan fingerprint density at radius 3 is 2.83 bits per heavy atom. The fourth-order valence-corrected chi connectivity index (χ4v) is 1.75. The highest BCUT2D eigenvalue weighted by Gasteiger charge is 2.37. The van der Waals surface area contributed by atoms with E-state index in [1.54, 1.807) is 0 Å². The van der Waals surface area contributed by atoms with Crippen molar-refractivity contribution < 1.29 is 9.13 Å². The third-order valence-corrected chi connectivity index (χ3v) is 2.82. The van der Waals surface area contributed by atoms with E-state index in [0.717, 1.165) is 19.4 Å². The van der Waals surface area contributed by atoms with Crippen LogP contribution in [0.25, 0.3) is 0 Å². The van der Waals surface area contributed by atoms with Gasteiger partial charge in [0.15, 0.2) is 0 Å². The van der Waals surface area contributed by atoms with Gasteiger partial charge in [-0.3, -0.25) is 0 Å². The molecule has 1 saturated heterocycles. The topological polar surface area (TPSA) is 35.2 Å². The highest BCUT2D eigenvalue weighted by Crippen LogP contribution is 2.31. The molecule has 0 spiro atoms. The Balaban J connectivity index is 2.51. The maximum Gasteiger partial charge on any atom is 0.127 e. The van der Waals surface area contributed by atoms with Gasteiger partial charge in [0.05, 0.1) is 6.61 Å². The second-order valence-electron chi connectivity index (χ2n) is 3.51. The minimum absolute atomic E-state index is 0.0150. The average Bonchev–Trinajstić information content (AvgIpc) is 2.18.